The van der Waals surface area contributed by atoms with Gasteiger partial charge in [0.05, 0.1) is 5.75 Å². The Hall–Kier alpha value is -1.34. The molecule has 0 bridgehead atoms. The maximum Gasteiger partial charge on any atom is 0.372 e. The van der Waals surface area contributed by atoms with Gasteiger partial charge in [-0.05, 0) is 19.4 Å². The largest absolute Gasteiger partial charge is 0.475 e. The lowest BCUT2D eigenvalue weighted by Gasteiger charge is -2.01. The number of rotatable bonds is 7. The van der Waals surface area contributed by atoms with Crippen molar-refractivity contribution < 1.29 is 27.5 Å². The van der Waals surface area contributed by atoms with Gasteiger partial charge in [0, 0.05) is 19.3 Å². The molecule has 18 heavy (non-hydrogen) atoms. The van der Waals surface area contributed by atoms with E-state index in [1.54, 1.807) is 6.92 Å². The molecule has 0 amide bonds. The second kappa shape index (κ2) is 6.01. The molecule has 0 saturated carbocycles. The molecular weight excluding hydrogens is 260 g/mol. The molecule has 0 saturated heterocycles. The molecule has 0 spiro atoms. The van der Waals surface area contributed by atoms with Gasteiger partial charge in [-0.1, -0.05) is 0 Å². The average Bonchev–Trinajstić information content (AvgIpc) is 2.58. The molecule has 102 valence electrons. The van der Waals surface area contributed by atoms with Crippen LogP contribution in [-0.2, 0) is 20.3 Å². The van der Waals surface area contributed by atoms with E-state index in [-0.39, 0.29) is 23.0 Å². The molecule has 1 rings (SSSR count). The lowest BCUT2D eigenvalue weighted by molar-refractivity contribution is 0.0659. The van der Waals surface area contributed by atoms with Crippen molar-refractivity contribution in [1.82, 2.24) is 0 Å². The highest BCUT2D eigenvalue weighted by atomic mass is 32.2. The van der Waals surface area contributed by atoms with E-state index in [1.165, 1.54) is 13.2 Å². The third kappa shape index (κ3) is 4.15. The van der Waals surface area contributed by atoms with Gasteiger partial charge in [-0.15, -0.1) is 0 Å². The van der Waals surface area contributed by atoms with E-state index in [9.17, 15) is 13.2 Å². The molecular formula is C11H16O6S. The van der Waals surface area contributed by atoms with Crippen LogP contribution >= 0.6 is 0 Å². The molecule has 1 N–H and O–H groups in total. The summed E-state index contributed by atoms with van der Waals surface area (Å²) in [7, 11) is -1.80. The minimum absolute atomic E-state index is 0.0109. The molecule has 6 nitrogen and oxygen atoms in total. The number of methoxy groups -OCH3 is 1. The predicted molar refractivity (Wildman–Crippen MR) is 64.4 cm³/mol. The summed E-state index contributed by atoms with van der Waals surface area (Å²) in [4.78, 5) is 10.8. The van der Waals surface area contributed by atoms with Crippen molar-refractivity contribution >= 4 is 15.8 Å². The summed E-state index contributed by atoms with van der Waals surface area (Å²) in [6, 6.07) is 1.44. The van der Waals surface area contributed by atoms with E-state index in [4.69, 9.17) is 14.3 Å². The molecule has 1 heterocycles. The molecule has 0 aromatic carbocycles. The quantitative estimate of drug-likeness (QED) is 0.753. The zero-order valence-electron chi connectivity index (χ0n) is 10.3. The maximum absolute atomic E-state index is 11.7. The molecule has 1 aromatic rings. The SMILES string of the molecule is COCCCS(=O)(=O)Cc1cc(C)c(C(=O)O)o1. The number of hydrogen-bond acceptors (Lipinski definition) is 5. The summed E-state index contributed by atoms with van der Waals surface area (Å²) < 4.78 is 33.2. The number of sulfone groups is 1. The average molecular weight is 276 g/mol. The number of hydrogen-bond donors (Lipinski definition) is 1. The van der Waals surface area contributed by atoms with Gasteiger partial charge in [-0.25, -0.2) is 13.2 Å². The lowest BCUT2D eigenvalue weighted by Crippen LogP contribution is -2.10. The summed E-state index contributed by atoms with van der Waals surface area (Å²) in [5.41, 5.74) is 0.421. The van der Waals surface area contributed by atoms with Gasteiger partial charge in [0.15, 0.2) is 9.84 Å². The second-order valence-electron chi connectivity index (χ2n) is 3.97. The first kappa shape index (κ1) is 14.7. The van der Waals surface area contributed by atoms with Gasteiger partial charge in [-0.2, -0.15) is 0 Å². The smallest absolute Gasteiger partial charge is 0.372 e. The first-order valence-electron chi connectivity index (χ1n) is 5.37. The Morgan fingerprint density at radius 1 is 1.50 bits per heavy atom. The van der Waals surface area contributed by atoms with Crippen LogP contribution in [0.25, 0.3) is 0 Å². The van der Waals surface area contributed by atoms with E-state index in [2.05, 4.69) is 0 Å². The summed E-state index contributed by atoms with van der Waals surface area (Å²) in [6.07, 6.45) is 0.407. The van der Waals surface area contributed by atoms with Crippen molar-refractivity contribution in [2.45, 2.75) is 19.1 Å². The normalized spacial score (nSPS) is 11.7. The Kier molecular flexibility index (Phi) is 4.92. The van der Waals surface area contributed by atoms with Crippen LogP contribution < -0.4 is 0 Å². The van der Waals surface area contributed by atoms with Crippen molar-refractivity contribution in [1.29, 1.82) is 0 Å². The van der Waals surface area contributed by atoms with Gasteiger partial charge in [0.25, 0.3) is 0 Å². The van der Waals surface area contributed by atoms with E-state index < -0.39 is 15.8 Å². The zero-order chi connectivity index (χ0) is 13.8. The minimum atomic E-state index is -3.30. The fourth-order valence-electron chi connectivity index (χ4n) is 1.54. The van der Waals surface area contributed by atoms with Crippen LogP contribution in [0.2, 0.25) is 0 Å². The van der Waals surface area contributed by atoms with Crippen molar-refractivity contribution in [2.24, 2.45) is 0 Å². The summed E-state index contributed by atoms with van der Waals surface area (Å²) in [6.45, 7) is 1.94. The monoisotopic (exact) mass is 276 g/mol. The second-order valence-corrected chi connectivity index (χ2v) is 6.15. The third-order valence-corrected chi connectivity index (χ3v) is 3.96. The van der Waals surface area contributed by atoms with Gasteiger partial charge < -0.3 is 14.3 Å². The Balaban J connectivity index is 2.72. The van der Waals surface area contributed by atoms with Crippen LogP contribution in [-0.4, -0.2) is 39.0 Å². The molecule has 0 aliphatic rings. The number of carboxylic acids is 1. The van der Waals surface area contributed by atoms with Crippen LogP contribution in [0.4, 0.5) is 0 Å². The van der Waals surface area contributed by atoms with E-state index in [0.29, 0.717) is 18.6 Å². The van der Waals surface area contributed by atoms with Crippen molar-refractivity contribution in [3.63, 3.8) is 0 Å². The van der Waals surface area contributed by atoms with Crippen LogP contribution in [0.15, 0.2) is 10.5 Å². The first-order valence-corrected chi connectivity index (χ1v) is 7.20. The first-order chi connectivity index (χ1) is 8.35. The highest BCUT2D eigenvalue weighted by Gasteiger charge is 2.19. The number of ether oxygens (including phenoxy) is 1. The minimum Gasteiger partial charge on any atom is -0.475 e. The van der Waals surface area contributed by atoms with Crippen molar-refractivity contribution in [3.8, 4) is 0 Å². The zero-order valence-corrected chi connectivity index (χ0v) is 11.1. The Morgan fingerprint density at radius 2 is 2.17 bits per heavy atom. The van der Waals surface area contributed by atoms with Crippen LogP contribution in [0.5, 0.6) is 0 Å². The predicted octanol–water partition coefficient (Wildman–Crippen LogP) is 1.24. The number of aromatic carboxylic acids is 1. The Labute approximate surface area is 105 Å². The molecule has 7 heteroatoms. The van der Waals surface area contributed by atoms with Crippen LogP contribution in [0.1, 0.15) is 28.3 Å². The van der Waals surface area contributed by atoms with Crippen molar-refractivity contribution in [2.75, 3.05) is 19.5 Å². The molecule has 0 fully saturated rings. The van der Waals surface area contributed by atoms with E-state index in [0.717, 1.165) is 0 Å². The van der Waals surface area contributed by atoms with Crippen LogP contribution in [0, 0.1) is 6.92 Å². The van der Waals surface area contributed by atoms with Gasteiger partial charge in [0.2, 0.25) is 5.76 Å². The van der Waals surface area contributed by atoms with Gasteiger partial charge in [0.1, 0.15) is 11.5 Å². The van der Waals surface area contributed by atoms with E-state index >= 15 is 0 Å². The summed E-state index contributed by atoms with van der Waals surface area (Å²) >= 11 is 0. The lowest BCUT2D eigenvalue weighted by atomic mass is 10.3. The summed E-state index contributed by atoms with van der Waals surface area (Å²) in [5.74, 6) is -1.55. The third-order valence-electron chi connectivity index (χ3n) is 2.33. The Morgan fingerprint density at radius 3 is 2.67 bits per heavy atom. The molecule has 0 unspecified atom stereocenters. The standard InChI is InChI=1S/C11H16O6S/c1-8-6-9(17-10(8)11(12)13)7-18(14,15)5-3-4-16-2/h6H,3-5,7H2,1-2H3,(H,12,13). The number of aryl methyl sites for hydroxylation is 1. The fraction of sp³-hybridized carbons (Fsp3) is 0.545. The number of furan rings is 1. The topological polar surface area (TPSA) is 93.8 Å². The number of carbonyl (C=O) groups is 1. The van der Waals surface area contributed by atoms with Gasteiger partial charge in [-0.3, -0.25) is 0 Å². The van der Waals surface area contributed by atoms with Crippen LogP contribution in [0.3, 0.4) is 0 Å². The highest BCUT2D eigenvalue weighted by Crippen LogP contribution is 2.17. The molecule has 1 aromatic heterocycles. The highest BCUT2D eigenvalue weighted by molar-refractivity contribution is 7.90. The van der Waals surface area contributed by atoms with E-state index in [1.807, 2.05) is 0 Å². The Bertz CT molecular complexity index is 514. The van der Waals surface area contributed by atoms with Crippen molar-refractivity contribution in [3.05, 3.63) is 23.2 Å². The molecule has 0 atom stereocenters. The summed E-state index contributed by atoms with van der Waals surface area (Å²) in [5, 5.41) is 8.79. The molecule has 0 aliphatic carbocycles. The maximum atomic E-state index is 11.7. The fourth-order valence-corrected chi connectivity index (χ4v) is 2.82. The van der Waals surface area contributed by atoms with Gasteiger partial charge >= 0.3 is 5.97 Å². The molecule has 0 aliphatic heterocycles. The number of carboxylic acid groups (broad SMARTS) is 1. The molecule has 0 radical (unpaired) electrons.